The van der Waals surface area contributed by atoms with Crippen molar-refractivity contribution in [3.63, 3.8) is 0 Å². The van der Waals surface area contributed by atoms with Gasteiger partial charge >= 0.3 is 6.18 Å². The Hall–Kier alpha value is -2.42. The molecule has 0 saturated heterocycles. The van der Waals surface area contributed by atoms with Crippen LogP contribution in [0.15, 0.2) is 36.7 Å². The summed E-state index contributed by atoms with van der Waals surface area (Å²) in [6.07, 6.45) is -4.53. The molecule has 0 amide bonds. The monoisotopic (exact) mass is 315 g/mol. The third-order valence-electron chi connectivity index (χ3n) is 2.93. The number of nitro groups is 1. The first kappa shape index (κ1) is 16.0. The molecule has 0 radical (unpaired) electrons. The predicted octanol–water partition coefficient (Wildman–Crippen LogP) is 2.77. The van der Waals surface area contributed by atoms with Crippen LogP contribution < -0.4 is 0 Å². The van der Waals surface area contributed by atoms with Crippen molar-refractivity contribution in [2.24, 2.45) is 0 Å². The van der Waals surface area contributed by atoms with Crippen molar-refractivity contribution in [2.75, 3.05) is 0 Å². The minimum Gasteiger partial charge on any atom is -0.391 e. The fourth-order valence-corrected chi connectivity index (χ4v) is 2.01. The fourth-order valence-electron chi connectivity index (χ4n) is 2.01. The number of aromatic nitrogens is 2. The number of benzene rings is 1. The first-order valence-corrected chi connectivity index (χ1v) is 6.27. The van der Waals surface area contributed by atoms with Crippen molar-refractivity contribution < 1.29 is 23.2 Å². The molecule has 2 aromatic rings. The molecule has 1 aromatic heterocycles. The Labute approximate surface area is 123 Å². The molecule has 9 heteroatoms. The second kappa shape index (κ2) is 6.14. The van der Waals surface area contributed by atoms with Gasteiger partial charge in [-0.05, 0) is 12.1 Å². The van der Waals surface area contributed by atoms with Gasteiger partial charge in [0, 0.05) is 30.1 Å². The second-order valence-electron chi connectivity index (χ2n) is 4.68. The summed E-state index contributed by atoms with van der Waals surface area (Å²) >= 11 is 0. The Kier molecular flexibility index (Phi) is 4.45. The molecule has 1 heterocycles. The lowest BCUT2D eigenvalue weighted by atomic mass is 10.2. The molecule has 1 aromatic carbocycles. The lowest BCUT2D eigenvalue weighted by molar-refractivity contribution is -0.384. The molecule has 0 aliphatic carbocycles. The summed E-state index contributed by atoms with van der Waals surface area (Å²) in [6, 6.07) is 5.46. The molecule has 2 rings (SSSR count). The number of hydrogen-bond acceptors (Lipinski definition) is 4. The quantitative estimate of drug-likeness (QED) is 0.679. The molecule has 6 nitrogen and oxygen atoms in total. The Morgan fingerprint density at radius 3 is 2.50 bits per heavy atom. The topological polar surface area (TPSA) is 81.2 Å². The van der Waals surface area contributed by atoms with Crippen LogP contribution in [0.3, 0.4) is 0 Å². The summed E-state index contributed by atoms with van der Waals surface area (Å²) in [4.78, 5) is 14.0. The Morgan fingerprint density at radius 2 is 1.95 bits per heavy atom. The Balaban J connectivity index is 2.17. The summed E-state index contributed by atoms with van der Waals surface area (Å²) in [5, 5.41) is 20.1. The molecule has 0 aliphatic heterocycles. The van der Waals surface area contributed by atoms with Crippen LogP contribution in [0.5, 0.6) is 0 Å². The van der Waals surface area contributed by atoms with Crippen molar-refractivity contribution in [1.29, 1.82) is 0 Å². The van der Waals surface area contributed by atoms with Crippen LogP contribution in [-0.4, -0.2) is 31.9 Å². The van der Waals surface area contributed by atoms with Crippen molar-refractivity contribution >= 4 is 5.69 Å². The molecular formula is C13H12F3N3O3. The number of non-ortho nitro benzene ring substituents is 1. The maximum absolute atomic E-state index is 12.2. The van der Waals surface area contributed by atoms with Gasteiger partial charge in [0.05, 0.1) is 24.0 Å². The van der Waals surface area contributed by atoms with Gasteiger partial charge in [0.1, 0.15) is 5.82 Å². The normalized spacial score (nSPS) is 13.1. The van der Waals surface area contributed by atoms with E-state index in [1.54, 1.807) is 0 Å². The number of aliphatic hydroxyl groups excluding tert-OH is 1. The lowest BCUT2D eigenvalue weighted by Gasteiger charge is -2.15. The van der Waals surface area contributed by atoms with Gasteiger partial charge in [-0.3, -0.25) is 10.1 Å². The fraction of sp³-hybridized carbons (Fsp3) is 0.308. The van der Waals surface area contributed by atoms with Gasteiger partial charge < -0.3 is 9.67 Å². The zero-order chi connectivity index (χ0) is 16.3. The van der Waals surface area contributed by atoms with E-state index in [4.69, 9.17) is 0 Å². The van der Waals surface area contributed by atoms with Gasteiger partial charge in [0.25, 0.3) is 5.69 Å². The molecule has 1 N–H and O–H groups in total. The van der Waals surface area contributed by atoms with Crippen LogP contribution in [0.25, 0.3) is 11.4 Å². The second-order valence-corrected chi connectivity index (χ2v) is 4.68. The summed E-state index contributed by atoms with van der Waals surface area (Å²) in [6.45, 7) is -0.272. The molecule has 0 spiro atoms. The number of aliphatic hydroxyl groups is 1. The number of hydrogen-bond donors (Lipinski definition) is 1. The maximum atomic E-state index is 12.2. The van der Waals surface area contributed by atoms with Gasteiger partial charge in [-0.1, -0.05) is 0 Å². The zero-order valence-corrected chi connectivity index (χ0v) is 11.2. The molecule has 0 fully saturated rings. The number of halogens is 3. The number of alkyl halides is 3. The van der Waals surface area contributed by atoms with Gasteiger partial charge in [-0.15, -0.1) is 0 Å². The number of imidazole rings is 1. The highest BCUT2D eigenvalue weighted by atomic mass is 19.4. The van der Waals surface area contributed by atoms with E-state index in [1.807, 2.05) is 0 Å². The highest BCUT2D eigenvalue weighted by Gasteiger charge is 2.31. The van der Waals surface area contributed by atoms with Crippen molar-refractivity contribution in [2.45, 2.75) is 25.2 Å². The van der Waals surface area contributed by atoms with Gasteiger partial charge in [-0.2, -0.15) is 13.2 Å². The van der Waals surface area contributed by atoms with E-state index in [0.717, 1.165) is 0 Å². The molecule has 0 aliphatic rings. The van der Waals surface area contributed by atoms with Crippen LogP contribution in [0.1, 0.15) is 6.42 Å². The number of nitro benzene ring substituents is 1. The van der Waals surface area contributed by atoms with Crippen LogP contribution in [0.4, 0.5) is 18.9 Å². The molecule has 1 atom stereocenters. The van der Waals surface area contributed by atoms with E-state index in [-0.39, 0.29) is 12.2 Å². The highest BCUT2D eigenvalue weighted by molar-refractivity contribution is 5.57. The average Bonchev–Trinajstić information content (AvgIpc) is 2.84. The Morgan fingerprint density at radius 1 is 1.32 bits per heavy atom. The van der Waals surface area contributed by atoms with Crippen molar-refractivity contribution in [3.8, 4) is 11.4 Å². The minimum absolute atomic E-state index is 0.0982. The third kappa shape index (κ3) is 4.04. The molecule has 0 saturated carbocycles. The average molecular weight is 315 g/mol. The summed E-state index contributed by atoms with van der Waals surface area (Å²) in [5.41, 5.74) is 0.411. The standard InChI is InChI=1S/C13H12F3N3O3/c14-13(15,16)7-11(20)8-18-6-5-17-12(18)9-1-3-10(4-2-9)19(21)22/h1-6,11,20H,7-8H2. The smallest absolute Gasteiger partial charge is 0.391 e. The highest BCUT2D eigenvalue weighted by Crippen LogP contribution is 2.24. The molecule has 1 unspecified atom stereocenters. The lowest BCUT2D eigenvalue weighted by Crippen LogP contribution is -2.24. The third-order valence-corrected chi connectivity index (χ3v) is 2.93. The predicted molar refractivity (Wildman–Crippen MR) is 71.0 cm³/mol. The van der Waals surface area contributed by atoms with Gasteiger partial charge in [0.2, 0.25) is 0 Å². The molecule has 118 valence electrons. The summed E-state index contributed by atoms with van der Waals surface area (Å²) in [5.74, 6) is 0.330. The maximum Gasteiger partial charge on any atom is 0.391 e. The molecule has 22 heavy (non-hydrogen) atoms. The van der Waals surface area contributed by atoms with Crippen LogP contribution in [-0.2, 0) is 6.54 Å². The first-order valence-electron chi connectivity index (χ1n) is 6.27. The van der Waals surface area contributed by atoms with E-state index in [2.05, 4.69) is 4.98 Å². The van der Waals surface area contributed by atoms with Gasteiger partial charge in [-0.25, -0.2) is 4.98 Å². The Bertz CT molecular complexity index is 653. The number of nitrogens with zero attached hydrogens (tertiary/aromatic N) is 3. The van der Waals surface area contributed by atoms with Crippen molar-refractivity contribution in [3.05, 3.63) is 46.8 Å². The molecule has 0 bridgehead atoms. The van der Waals surface area contributed by atoms with Crippen LogP contribution >= 0.6 is 0 Å². The van der Waals surface area contributed by atoms with E-state index in [1.165, 1.54) is 41.2 Å². The minimum atomic E-state index is -4.45. The SMILES string of the molecule is O=[N+]([O-])c1ccc(-c2nccn2CC(O)CC(F)(F)F)cc1. The van der Waals surface area contributed by atoms with Crippen LogP contribution in [0.2, 0.25) is 0 Å². The largest absolute Gasteiger partial charge is 0.391 e. The van der Waals surface area contributed by atoms with Gasteiger partial charge in [0.15, 0.2) is 0 Å². The summed E-state index contributed by atoms with van der Waals surface area (Å²) in [7, 11) is 0. The molecular weight excluding hydrogens is 303 g/mol. The number of rotatable bonds is 5. The van der Waals surface area contributed by atoms with E-state index >= 15 is 0 Å². The first-order chi connectivity index (χ1) is 10.3. The van der Waals surface area contributed by atoms with Crippen molar-refractivity contribution in [1.82, 2.24) is 9.55 Å². The van der Waals surface area contributed by atoms with E-state index in [0.29, 0.717) is 11.4 Å². The van der Waals surface area contributed by atoms with E-state index in [9.17, 15) is 28.4 Å². The van der Waals surface area contributed by atoms with E-state index < -0.39 is 23.6 Å². The summed E-state index contributed by atoms with van der Waals surface area (Å²) < 4.78 is 38.1. The van der Waals surface area contributed by atoms with Crippen LogP contribution in [0, 0.1) is 10.1 Å². The zero-order valence-electron chi connectivity index (χ0n) is 11.2.